The van der Waals surface area contributed by atoms with Crippen molar-refractivity contribution in [1.29, 1.82) is 0 Å². The zero-order valence-corrected chi connectivity index (χ0v) is 17.8. The van der Waals surface area contributed by atoms with Crippen molar-refractivity contribution in [3.05, 3.63) is 71.6 Å². The third-order valence-corrected chi connectivity index (χ3v) is 5.90. The zero-order chi connectivity index (χ0) is 22.1. The van der Waals surface area contributed by atoms with E-state index in [1.165, 1.54) is 18.3 Å². The molecule has 32 heavy (non-hydrogen) atoms. The number of carbonyl (C=O) groups is 2. The van der Waals surface area contributed by atoms with Crippen molar-refractivity contribution >= 4 is 39.8 Å². The summed E-state index contributed by atoms with van der Waals surface area (Å²) in [7, 11) is 0. The number of hydrogen-bond donors (Lipinski definition) is 1. The van der Waals surface area contributed by atoms with Crippen molar-refractivity contribution in [2.24, 2.45) is 0 Å². The van der Waals surface area contributed by atoms with Gasteiger partial charge in [0.2, 0.25) is 6.79 Å². The van der Waals surface area contributed by atoms with Crippen LogP contribution in [0.25, 0.3) is 21.5 Å². The third kappa shape index (κ3) is 3.88. The lowest BCUT2D eigenvalue weighted by atomic mass is 10.1. The highest BCUT2D eigenvalue weighted by Gasteiger charge is 2.23. The number of aromatic nitrogens is 1. The highest BCUT2D eigenvalue weighted by Crippen LogP contribution is 2.34. The Morgan fingerprint density at radius 3 is 2.75 bits per heavy atom. The molecule has 0 spiro atoms. The summed E-state index contributed by atoms with van der Waals surface area (Å²) in [5.74, 6) is 0.134. The van der Waals surface area contributed by atoms with E-state index in [-0.39, 0.29) is 6.79 Å². The van der Waals surface area contributed by atoms with Crippen molar-refractivity contribution in [3.8, 4) is 22.1 Å². The number of amides is 1. The highest BCUT2D eigenvalue weighted by molar-refractivity contribution is 7.13. The number of nitrogens with zero attached hydrogens (tertiary/aromatic N) is 1. The van der Waals surface area contributed by atoms with Crippen LogP contribution in [0.5, 0.6) is 11.5 Å². The van der Waals surface area contributed by atoms with E-state index < -0.39 is 18.0 Å². The Kier molecular flexibility index (Phi) is 5.20. The summed E-state index contributed by atoms with van der Waals surface area (Å²) in [6.45, 7) is 1.68. The molecule has 1 aliphatic heterocycles. The second-order valence-electron chi connectivity index (χ2n) is 7.15. The van der Waals surface area contributed by atoms with Crippen LogP contribution in [-0.4, -0.2) is 29.8 Å². The van der Waals surface area contributed by atoms with Gasteiger partial charge in [-0.25, -0.2) is 9.78 Å². The molecule has 5 rings (SSSR count). The van der Waals surface area contributed by atoms with Gasteiger partial charge in [-0.05, 0) is 42.6 Å². The van der Waals surface area contributed by atoms with Crippen LogP contribution >= 0.6 is 11.3 Å². The molecule has 0 fully saturated rings. The van der Waals surface area contributed by atoms with E-state index in [0.29, 0.717) is 39.3 Å². The lowest BCUT2D eigenvalue weighted by Crippen LogP contribution is -2.30. The van der Waals surface area contributed by atoms with E-state index in [4.69, 9.17) is 14.2 Å². The summed E-state index contributed by atoms with van der Waals surface area (Å²) in [4.78, 5) is 31.3. The van der Waals surface area contributed by atoms with Crippen molar-refractivity contribution in [3.63, 3.8) is 0 Å². The van der Waals surface area contributed by atoms with E-state index >= 15 is 0 Å². The Balaban J connectivity index is 1.36. The molecule has 0 aliphatic carbocycles. The van der Waals surface area contributed by atoms with Gasteiger partial charge in [0.15, 0.2) is 17.6 Å². The predicted octanol–water partition coefficient (Wildman–Crippen LogP) is 4.88. The molecule has 1 amide bonds. The van der Waals surface area contributed by atoms with Crippen LogP contribution in [0.15, 0.2) is 66.0 Å². The molecule has 7 nitrogen and oxygen atoms in total. The fraction of sp³-hybridized carbons (Fsp3) is 0.125. The van der Waals surface area contributed by atoms with Gasteiger partial charge in [-0.3, -0.25) is 4.79 Å². The molecule has 0 saturated carbocycles. The number of nitrogens with one attached hydrogen (secondary N) is 1. The van der Waals surface area contributed by atoms with Crippen LogP contribution in [0.2, 0.25) is 0 Å². The maximum absolute atomic E-state index is 13.0. The Morgan fingerprint density at radius 1 is 1.06 bits per heavy atom. The van der Waals surface area contributed by atoms with Crippen LogP contribution in [0.4, 0.5) is 5.69 Å². The predicted molar refractivity (Wildman–Crippen MR) is 121 cm³/mol. The van der Waals surface area contributed by atoms with Crippen molar-refractivity contribution in [2.45, 2.75) is 13.0 Å². The monoisotopic (exact) mass is 446 g/mol. The Labute approximate surface area is 187 Å². The minimum atomic E-state index is -1.01. The maximum atomic E-state index is 13.0. The minimum Gasteiger partial charge on any atom is -0.454 e. The summed E-state index contributed by atoms with van der Waals surface area (Å²) in [6.07, 6.45) is -1.01. The van der Waals surface area contributed by atoms with Gasteiger partial charge in [0.05, 0.1) is 21.7 Å². The van der Waals surface area contributed by atoms with Gasteiger partial charge in [-0.1, -0.05) is 24.3 Å². The third-order valence-electron chi connectivity index (χ3n) is 5.00. The lowest BCUT2D eigenvalue weighted by molar-refractivity contribution is -0.123. The number of esters is 1. The van der Waals surface area contributed by atoms with E-state index in [1.807, 2.05) is 41.8 Å². The number of rotatable bonds is 5. The van der Waals surface area contributed by atoms with E-state index in [2.05, 4.69) is 10.3 Å². The number of anilines is 1. The van der Waals surface area contributed by atoms with Gasteiger partial charge in [0.25, 0.3) is 5.91 Å². The summed E-state index contributed by atoms with van der Waals surface area (Å²) < 4.78 is 16.1. The van der Waals surface area contributed by atoms with Crippen molar-refractivity contribution < 1.29 is 23.8 Å². The first-order valence-electron chi connectivity index (χ1n) is 9.93. The van der Waals surface area contributed by atoms with Crippen LogP contribution in [0.1, 0.15) is 17.3 Å². The molecule has 8 heteroatoms. The highest BCUT2D eigenvalue weighted by atomic mass is 32.1. The molecule has 4 aromatic rings. The van der Waals surface area contributed by atoms with Gasteiger partial charge in [-0.2, -0.15) is 0 Å². The average molecular weight is 446 g/mol. The van der Waals surface area contributed by atoms with Gasteiger partial charge in [-0.15, -0.1) is 11.3 Å². The molecule has 1 atom stereocenters. The SMILES string of the molecule is CC(OC(=O)c1cc(-c2cccs2)nc2ccccc12)C(=O)Nc1ccc2c(c1)OCO2. The molecule has 1 N–H and O–H groups in total. The number of hydrogen-bond acceptors (Lipinski definition) is 7. The number of benzene rings is 2. The van der Waals surface area contributed by atoms with Gasteiger partial charge in [0, 0.05) is 17.1 Å². The first kappa shape index (κ1) is 20.0. The summed E-state index contributed by atoms with van der Waals surface area (Å²) in [5, 5.41) is 5.36. The van der Waals surface area contributed by atoms with Crippen LogP contribution < -0.4 is 14.8 Å². The first-order valence-corrected chi connectivity index (χ1v) is 10.8. The number of pyridine rings is 1. The van der Waals surface area contributed by atoms with E-state index in [9.17, 15) is 9.59 Å². The lowest BCUT2D eigenvalue weighted by Gasteiger charge is -2.15. The molecule has 1 unspecified atom stereocenters. The molecular weight excluding hydrogens is 428 g/mol. The van der Waals surface area contributed by atoms with Gasteiger partial charge < -0.3 is 19.5 Å². The molecule has 0 bridgehead atoms. The summed E-state index contributed by atoms with van der Waals surface area (Å²) >= 11 is 1.54. The second kappa shape index (κ2) is 8.32. The zero-order valence-electron chi connectivity index (χ0n) is 17.0. The fourth-order valence-electron chi connectivity index (χ4n) is 3.39. The normalized spacial score (nSPS) is 13.0. The molecular formula is C24H18N2O5S. The van der Waals surface area contributed by atoms with Crippen LogP contribution in [0.3, 0.4) is 0 Å². The Hall–Kier alpha value is -3.91. The molecule has 160 valence electrons. The van der Waals surface area contributed by atoms with Crippen LogP contribution in [-0.2, 0) is 9.53 Å². The van der Waals surface area contributed by atoms with Crippen molar-refractivity contribution in [2.75, 3.05) is 12.1 Å². The number of carbonyl (C=O) groups excluding carboxylic acids is 2. The number of para-hydroxylation sites is 1. The van der Waals surface area contributed by atoms with Gasteiger partial charge >= 0.3 is 5.97 Å². The fourth-order valence-corrected chi connectivity index (χ4v) is 4.08. The number of ether oxygens (including phenoxy) is 3. The topological polar surface area (TPSA) is 86.8 Å². The molecule has 0 radical (unpaired) electrons. The molecule has 0 saturated heterocycles. The number of fused-ring (bicyclic) bond motifs is 2. The second-order valence-corrected chi connectivity index (χ2v) is 8.10. The number of thiophene rings is 1. The summed E-state index contributed by atoms with van der Waals surface area (Å²) in [6, 6.07) is 18.0. The van der Waals surface area contributed by atoms with E-state index in [0.717, 1.165) is 4.88 Å². The molecule has 1 aliphatic rings. The largest absolute Gasteiger partial charge is 0.454 e. The first-order chi connectivity index (χ1) is 15.6. The molecule has 3 heterocycles. The van der Waals surface area contributed by atoms with Crippen molar-refractivity contribution in [1.82, 2.24) is 4.98 Å². The smallest absolute Gasteiger partial charge is 0.339 e. The summed E-state index contributed by atoms with van der Waals surface area (Å²) in [5.41, 5.74) is 2.25. The quantitative estimate of drug-likeness (QED) is 0.440. The maximum Gasteiger partial charge on any atom is 0.339 e. The molecule has 2 aromatic carbocycles. The van der Waals surface area contributed by atoms with Crippen LogP contribution in [0, 0.1) is 0 Å². The Morgan fingerprint density at radius 2 is 1.91 bits per heavy atom. The van der Waals surface area contributed by atoms with Gasteiger partial charge in [0.1, 0.15) is 0 Å². The minimum absolute atomic E-state index is 0.147. The van der Waals surface area contributed by atoms with E-state index in [1.54, 1.807) is 24.3 Å². The average Bonchev–Trinajstić information content (AvgIpc) is 3.50. The Bertz CT molecular complexity index is 1320. The standard InChI is InChI=1S/C24H18N2O5S/c1-14(23(27)25-15-8-9-20-21(11-15)30-13-29-20)31-24(28)17-12-19(22-7-4-10-32-22)26-18-6-3-2-5-16(17)18/h2-12,14H,13H2,1H3,(H,25,27). The molecule has 2 aromatic heterocycles.